The monoisotopic (exact) mass is 381 g/mol. The van der Waals surface area contributed by atoms with Crippen LogP contribution in [0.2, 0.25) is 0 Å². The van der Waals surface area contributed by atoms with Gasteiger partial charge in [-0.15, -0.1) is 0 Å². The van der Waals surface area contributed by atoms with Gasteiger partial charge in [0.1, 0.15) is 11.9 Å². The molecule has 0 saturated heterocycles. The Kier molecular flexibility index (Phi) is 5.99. The van der Waals surface area contributed by atoms with Gasteiger partial charge >= 0.3 is 0 Å². The normalized spacial score (nSPS) is 17.8. The van der Waals surface area contributed by atoms with Crippen molar-refractivity contribution in [3.8, 4) is 5.75 Å². The summed E-state index contributed by atoms with van der Waals surface area (Å²) in [5.74, 6) is 0.0703. The predicted octanol–water partition coefficient (Wildman–Crippen LogP) is 2.25. The summed E-state index contributed by atoms with van der Waals surface area (Å²) in [4.78, 5) is 27.2. The van der Waals surface area contributed by atoms with E-state index in [9.17, 15) is 9.59 Å². The van der Waals surface area contributed by atoms with E-state index < -0.39 is 0 Å². The molecular formula is C22H27N3O3. The molecule has 2 N–H and O–H groups in total. The zero-order valence-corrected chi connectivity index (χ0v) is 16.8. The van der Waals surface area contributed by atoms with Crippen molar-refractivity contribution in [2.45, 2.75) is 18.9 Å². The van der Waals surface area contributed by atoms with Crippen molar-refractivity contribution in [3.63, 3.8) is 0 Å². The smallest absolute Gasteiger partial charge is 0.254 e. The Bertz CT molecular complexity index is 865. The SMILES string of the molecule is CNC(=O)c1cc(C(=O)NCCN(C)C)cc2c1OC(C)C2c1ccccc1. The number of hydrogen-bond acceptors (Lipinski definition) is 4. The van der Waals surface area contributed by atoms with E-state index in [1.165, 1.54) is 0 Å². The van der Waals surface area contributed by atoms with Crippen molar-refractivity contribution < 1.29 is 14.3 Å². The van der Waals surface area contributed by atoms with Crippen LogP contribution in [0, 0.1) is 0 Å². The fourth-order valence-electron chi connectivity index (χ4n) is 3.56. The van der Waals surface area contributed by atoms with Crippen LogP contribution in [0.1, 0.15) is 44.7 Å². The first-order chi connectivity index (χ1) is 13.4. The molecule has 1 aliphatic rings. The van der Waals surface area contributed by atoms with Crippen molar-refractivity contribution in [3.05, 3.63) is 64.7 Å². The first-order valence-electron chi connectivity index (χ1n) is 9.47. The molecule has 2 unspecified atom stereocenters. The second-order valence-electron chi connectivity index (χ2n) is 7.29. The minimum atomic E-state index is -0.264. The highest BCUT2D eigenvalue weighted by Gasteiger charge is 2.36. The third kappa shape index (κ3) is 4.02. The Morgan fingerprint density at radius 3 is 2.46 bits per heavy atom. The highest BCUT2D eigenvalue weighted by Crippen LogP contribution is 2.44. The van der Waals surface area contributed by atoms with Gasteiger partial charge in [-0.3, -0.25) is 9.59 Å². The number of nitrogens with zero attached hydrogens (tertiary/aromatic N) is 1. The van der Waals surface area contributed by atoms with Crippen LogP contribution in [0.25, 0.3) is 0 Å². The number of amides is 2. The molecule has 1 heterocycles. The molecule has 0 radical (unpaired) electrons. The van der Waals surface area contributed by atoms with Gasteiger partial charge in [0.25, 0.3) is 11.8 Å². The minimum absolute atomic E-state index is 0.0332. The second-order valence-corrected chi connectivity index (χ2v) is 7.29. The van der Waals surface area contributed by atoms with Crippen molar-refractivity contribution in [2.24, 2.45) is 0 Å². The molecule has 0 saturated carbocycles. The van der Waals surface area contributed by atoms with E-state index in [1.54, 1.807) is 13.1 Å². The summed E-state index contributed by atoms with van der Waals surface area (Å²) in [6.07, 6.45) is -0.132. The summed E-state index contributed by atoms with van der Waals surface area (Å²) in [6, 6.07) is 13.5. The van der Waals surface area contributed by atoms with Crippen LogP contribution < -0.4 is 15.4 Å². The van der Waals surface area contributed by atoms with Crippen LogP contribution in [-0.2, 0) is 0 Å². The Morgan fingerprint density at radius 2 is 1.82 bits per heavy atom. The standard InChI is InChI=1S/C22H27N3O3/c1-14-19(15-8-6-5-7-9-15)17-12-16(21(26)24-10-11-25(3)4)13-18(20(17)28-14)22(27)23-2/h5-9,12-14,19H,10-11H2,1-4H3,(H,23,27)(H,24,26). The number of nitrogens with one attached hydrogen (secondary N) is 2. The van der Waals surface area contributed by atoms with E-state index in [4.69, 9.17) is 4.74 Å². The van der Waals surface area contributed by atoms with Crippen LogP contribution >= 0.6 is 0 Å². The molecule has 1 aliphatic heterocycles. The van der Waals surface area contributed by atoms with E-state index in [-0.39, 0.29) is 23.8 Å². The van der Waals surface area contributed by atoms with E-state index in [0.29, 0.717) is 23.4 Å². The molecule has 2 atom stereocenters. The van der Waals surface area contributed by atoms with E-state index in [1.807, 2.05) is 62.3 Å². The van der Waals surface area contributed by atoms with Crippen LogP contribution in [0.4, 0.5) is 0 Å². The highest BCUT2D eigenvalue weighted by molar-refractivity contribution is 6.02. The van der Waals surface area contributed by atoms with Crippen molar-refractivity contribution in [2.75, 3.05) is 34.2 Å². The summed E-state index contributed by atoms with van der Waals surface area (Å²) >= 11 is 0. The average molecular weight is 381 g/mol. The largest absolute Gasteiger partial charge is 0.489 e. The van der Waals surface area contributed by atoms with E-state index in [2.05, 4.69) is 10.6 Å². The minimum Gasteiger partial charge on any atom is -0.489 e. The summed E-state index contributed by atoms with van der Waals surface area (Å²) < 4.78 is 6.08. The van der Waals surface area contributed by atoms with Gasteiger partial charge in [-0.2, -0.15) is 0 Å². The van der Waals surface area contributed by atoms with Crippen LogP contribution in [0.5, 0.6) is 5.75 Å². The summed E-state index contributed by atoms with van der Waals surface area (Å²) in [5.41, 5.74) is 2.83. The van der Waals surface area contributed by atoms with E-state index >= 15 is 0 Å². The third-order valence-electron chi connectivity index (χ3n) is 4.96. The number of carbonyl (C=O) groups is 2. The molecule has 0 spiro atoms. The first-order valence-corrected chi connectivity index (χ1v) is 9.47. The molecule has 0 bridgehead atoms. The Morgan fingerprint density at radius 1 is 1.11 bits per heavy atom. The number of rotatable bonds is 6. The number of carbonyl (C=O) groups excluding carboxylic acids is 2. The Hall–Kier alpha value is -2.86. The maximum atomic E-state index is 12.7. The topological polar surface area (TPSA) is 70.7 Å². The van der Waals surface area contributed by atoms with Gasteiger partial charge in [-0.1, -0.05) is 30.3 Å². The summed E-state index contributed by atoms with van der Waals surface area (Å²) in [6.45, 7) is 3.27. The number of likely N-dealkylation sites (N-methyl/N-ethyl adjacent to an activating group) is 1. The second kappa shape index (κ2) is 8.44. The van der Waals surface area contributed by atoms with Gasteiger partial charge in [-0.25, -0.2) is 0 Å². The molecule has 2 aromatic rings. The lowest BCUT2D eigenvalue weighted by Crippen LogP contribution is -2.31. The molecule has 2 amide bonds. The lowest BCUT2D eigenvalue weighted by Gasteiger charge is -2.15. The van der Waals surface area contributed by atoms with Crippen molar-refractivity contribution >= 4 is 11.8 Å². The van der Waals surface area contributed by atoms with Gasteiger partial charge in [0.2, 0.25) is 0 Å². The average Bonchev–Trinajstić information content (AvgIpc) is 3.02. The fraction of sp³-hybridized carbons (Fsp3) is 0.364. The maximum Gasteiger partial charge on any atom is 0.254 e. The molecule has 0 fully saturated rings. The number of benzene rings is 2. The van der Waals surface area contributed by atoms with Gasteiger partial charge in [0.15, 0.2) is 0 Å². The molecule has 0 aromatic heterocycles. The van der Waals surface area contributed by atoms with Crippen molar-refractivity contribution in [1.82, 2.24) is 15.5 Å². The highest BCUT2D eigenvalue weighted by atomic mass is 16.5. The van der Waals surface area contributed by atoms with Crippen LogP contribution in [0.3, 0.4) is 0 Å². The molecule has 28 heavy (non-hydrogen) atoms. The molecule has 2 aromatic carbocycles. The lowest BCUT2D eigenvalue weighted by molar-refractivity contribution is 0.0951. The fourth-order valence-corrected chi connectivity index (χ4v) is 3.56. The van der Waals surface area contributed by atoms with Crippen molar-refractivity contribution in [1.29, 1.82) is 0 Å². The van der Waals surface area contributed by atoms with Gasteiger partial charge in [-0.05, 0) is 38.7 Å². The Labute approximate surface area is 165 Å². The lowest BCUT2D eigenvalue weighted by atomic mass is 9.87. The number of hydrogen-bond donors (Lipinski definition) is 2. The molecule has 3 rings (SSSR count). The maximum absolute atomic E-state index is 12.7. The van der Waals surface area contributed by atoms with Gasteiger partial charge in [0, 0.05) is 37.2 Å². The predicted molar refractivity (Wildman–Crippen MR) is 109 cm³/mol. The number of ether oxygens (including phenoxy) is 1. The molecule has 148 valence electrons. The zero-order valence-electron chi connectivity index (χ0n) is 16.8. The first kappa shape index (κ1) is 19.9. The molecular weight excluding hydrogens is 354 g/mol. The Balaban J connectivity index is 2.02. The van der Waals surface area contributed by atoms with E-state index in [0.717, 1.165) is 17.7 Å². The van der Waals surface area contributed by atoms with Crippen LogP contribution in [0.15, 0.2) is 42.5 Å². The summed E-state index contributed by atoms with van der Waals surface area (Å²) in [5, 5.41) is 5.57. The van der Waals surface area contributed by atoms with Crippen LogP contribution in [-0.4, -0.2) is 57.1 Å². The van der Waals surface area contributed by atoms with Gasteiger partial charge < -0.3 is 20.3 Å². The number of fused-ring (bicyclic) bond motifs is 1. The molecule has 0 aliphatic carbocycles. The quantitative estimate of drug-likeness (QED) is 0.805. The molecule has 6 heteroatoms. The van der Waals surface area contributed by atoms with Gasteiger partial charge in [0.05, 0.1) is 5.56 Å². The third-order valence-corrected chi connectivity index (χ3v) is 4.96. The molecule has 6 nitrogen and oxygen atoms in total. The summed E-state index contributed by atoms with van der Waals surface area (Å²) in [7, 11) is 5.48. The zero-order chi connectivity index (χ0) is 20.3.